The molecule has 0 radical (unpaired) electrons. The Bertz CT molecular complexity index is 750. The average molecular weight is 344 g/mol. The van der Waals surface area contributed by atoms with Crippen molar-refractivity contribution in [2.45, 2.75) is 30.4 Å². The van der Waals surface area contributed by atoms with Crippen LogP contribution < -0.4 is 10.2 Å². The van der Waals surface area contributed by atoms with Gasteiger partial charge in [0.25, 0.3) is 0 Å². The highest BCUT2D eigenvalue weighted by Gasteiger charge is 2.23. The van der Waals surface area contributed by atoms with Crippen LogP contribution in [0.25, 0.3) is 0 Å². The Balaban J connectivity index is 1.75. The number of hydrogen-bond acceptors (Lipinski definition) is 3. The van der Waals surface area contributed by atoms with Gasteiger partial charge in [0.05, 0.1) is 12.2 Å². The third-order valence-corrected chi connectivity index (χ3v) is 5.40. The number of carbonyl (C=O) groups excluding carboxylic acids is 1. The Hall–Kier alpha value is -2.01. The summed E-state index contributed by atoms with van der Waals surface area (Å²) in [6, 6.07) is 12.6. The van der Waals surface area contributed by atoms with Crippen LogP contribution in [0.15, 0.2) is 47.4 Å². The number of anilines is 2. The molecule has 1 aliphatic heterocycles. The minimum absolute atomic E-state index is 0.0286. The fraction of sp³-hybridized carbons (Fsp3) is 0.316. The second-order valence-electron chi connectivity index (χ2n) is 6.04. The monoisotopic (exact) mass is 344 g/mol. The van der Waals surface area contributed by atoms with Crippen molar-refractivity contribution >= 4 is 29.0 Å². The fourth-order valence-electron chi connectivity index (χ4n) is 2.84. The molecule has 1 unspecified atom stereocenters. The van der Waals surface area contributed by atoms with E-state index in [0.717, 1.165) is 28.3 Å². The number of para-hydroxylation sites is 1. The molecule has 0 fully saturated rings. The highest BCUT2D eigenvalue weighted by atomic mass is 32.2. The average Bonchev–Trinajstić information content (AvgIpc) is 2.72. The minimum atomic E-state index is -0.267. The predicted molar refractivity (Wildman–Crippen MR) is 98.4 cm³/mol. The molecule has 0 aliphatic carbocycles. The lowest BCUT2D eigenvalue weighted by Gasteiger charge is -2.23. The zero-order valence-electron chi connectivity index (χ0n) is 13.9. The summed E-state index contributed by atoms with van der Waals surface area (Å²) < 4.78 is 13.2. The summed E-state index contributed by atoms with van der Waals surface area (Å²) in [5, 5.41) is 3.62. The maximum Gasteiger partial charge on any atom is 0.246 e. The van der Waals surface area contributed by atoms with E-state index in [-0.39, 0.29) is 18.3 Å². The second kappa shape index (κ2) is 7.26. The molecule has 2 aromatic rings. The molecule has 1 atom stereocenters. The van der Waals surface area contributed by atoms with E-state index in [1.54, 1.807) is 6.07 Å². The first-order valence-corrected chi connectivity index (χ1v) is 8.98. The number of amides is 1. The molecule has 5 heteroatoms. The van der Waals surface area contributed by atoms with Crippen molar-refractivity contribution in [3.8, 4) is 0 Å². The third-order valence-electron chi connectivity index (χ3n) is 4.16. The van der Waals surface area contributed by atoms with Gasteiger partial charge in [0, 0.05) is 22.4 Å². The SMILES string of the molecule is Cc1cc(F)ccc1NCC(=O)N1CCC(C)Sc2ccccc21. The smallest absolute Gasteiger partial charge is 0.246 e. The normalized spacial score (nSPS) is 17.1. The first-order chi connectivity index (χ1) is 11.5. The molecular formula is C19H21FN2OS. The lowest BCUT2D eigenvalue weighted by molar-refractivity contribution is -0.117. The Labute approximate surface area is 146 Å². The number of carbonyl (C=O) groups is 1. The first-order valence-electron chi connectivity index (χ1n) is 8.10. The van der Waals surface area contributed by atoms with Gasteiger partial charge in [0.15, 0.2) is 0 Å². The van der Waals surface area contributed by atoms with Gasteiger partial charge < -0.3 is 10.2 Å². The third kappa shape index (κ3) is 3.73. The van der Waals surface area contributed by atoms with Crippen molar-refractivity contribution in [1.29, 1.82) is 0 Å². The first kappa shape index (κ1) is 16.8. The number of hydrogen-bond donors (Lipinski definition) is 1. The summed E-state index contributed by atoms with van der Waals surface area (Å²) >= 11 is 1.82. The topological polar surface area (TPSA) is 32.3 Å². The molecule has 24 heavy (non-hydrogen) atoms. The van der Waals surface area contributed by atoms with Crippen LogP contribution in [0.2, 0.25) is 0 Å². The minimum Gasteiger partial charge on any atom is -0.376 e. The fourth-order valence-corrected chi connectivity index (χ4v) is 3.95. The van der Waals surface area contributed by atoms with Gasteiger partial charge in [-0.1, -0.05) is 19.1 Å². The Kier molecular flexibility index (Phi) is 5.09. The van der Waals surface area contributed by atoms with Crippen LogP contribution in [0.5, 0.6) is 0 Å². The molecule has 126 valence electrons. The van der Waals surface area contributed by atoms with Crippen molar-refractivity contribution in [1.82, 2.24) is 0 Å². The van der Waals surface area contributed by atoms with E-state index in [2.05, 4.69) is 18.3 Å². The van der Waals surface area contributed by atoms with Gasteiger partial charge in [-0.25, -0.2) is 4.39 Å². The number of rotatable bonds is 3. The van der Waals surface area contributed by atoms with E-state index in [4.69, 9.17) is 0 Å². The molecule has 1 N–H and O–H groups in total. The van der Waals surface area contributed by atoms with Crippen LogP contribution in [0, 0.1) is 12.7 Å². The summed E-state index contributed by atoms with van der Waals surface area (Å²) in [7, 11) is 0. The van der Waals surface area contributed by atoms with Crippen molar-refractivity contribution in [3.05, 3.63) is 53.8 Å². The van der Waals surface area contributed by atoms with E-state index in [1.807, 2.05) is 41.8 Å². The summed E-state index contributed by atoms with van der Waals surface area (Å²) in [4.78, 5) is 15.8. The number of nitrogens with zero attached hydrogens (tertiary/aromatic N) is 1. The molecule has 1 heterocycles. The molecule has 0 aromatic heterocycles. The van der Waals surface area contributed by atoms with E-state index < -0.39 is 0 Å². The lowest BCUT2D eigenvalue weighted by atomic mass is 10.2. The van der Waals surface area contributed by atoms with Gasteiger partial charge in [0.1, 0.15) is 5.82 Å². The molecular weight excluding hydrogens is 323 g/mol. The number of fused-ring (bicyclic) bond motifs is 1. The highest BCUT2D eigenvalue weighted by Crippen LogP contribution is 2.37. The lowest BCUT2D eigenvalue weighted by Crippen LogP contribution is -2.36. The van der Waals surface area contributed by atoms with Crippen molar-refractivity contribution in [2.24, 2.45) is 0 Å². The Morgan fingerprint density at radius 1 is 1.33 bits per heavy atom. The zero-order chi connectivity index (χ0) is 17.1. The largest absolute Gasteiger partial charge is 0.376 e. The molecule has 2 aromatic carbocycles. The maximum atomic E-state index is 13.2. The summed E-state index contributed by atoms with van der Waals surface area (Å²) in [6.07, 6.45) is 0.959. The molecule has 0 spiro atoms. The number of aryl methyl sites for hydroxylation is 1. The van der Waals surface area contributed by atoms with E-state index >= 15 is 0 Å². The number of benzene rings is 2. The summed E-state index contributed by atoms with van der Waals surface area (Å²) in [5.74, 6) is -0.238. The second-order valence-corrected chi connectivity index (χ2v) is 7.52. The van der Waals surface area contributed by atoms with E-state index in [0.29, 0.717) is 11.8 Å². The van der Waals surface area contributed by atoms with Gasteiger partial charge >= 0.3 is 0 Å². The number of thioether (sulfide) groups is 1. The highest BCUT2D eigenvalue weighted by molar-refractivity contribution is 8.00. The van der Waals surface area contributed by atoms with Crippen LogP contribution in [-0.2, 0) is 4.79 Å². The molecule has 0 saturated carbocycles. The van der Waals surface area contributed by atoms with Gasteiger partial charge in [-0.2, -0.15) is 0 Å². The van der Waals surface area contributed by atoms with Crippen LogP contribution in [-0.4, -0.2) is 24.2 Å². The van der Waals surface area contributed by atoms with Crippen molar-refractivity contribution < 1.29 is 9.18 Å². The Morgan fingerprint density at radius 2 is 2.12 bits per heavy atom. The number of halogens is 1. The summed E-state index contributed by atoms with van der Waals surface area (Å²) in [5.41, 5.74) is 2.56. The van der Waals surface area contributed by atoms with Crippen LogP contribution in [0.4, 0.5) is 15.8 Å². The van der Waals surface area contributed by atoms with Crippen molar-refractivity contribution in [3.63, 3.8) is 0 Å². The van der Waals surface area contributed by atoms with Gasteiger partial charge in [-0.15, -0.1) is 11.8 Å². The predicted octanol–water partition coefficient (Wildman–Crippen LogP) is 4.46. The van der Waals surface area contributed by atoms with Crippen LogP contribution >= 0.6 is 11.8 Å². The molecule has 1 aliphatic rings. The van der Waals surface area contributed by atoms with Crippen LogP contribution in [0.3, 0.4) is 0 Å². The van der Waals surface area contributed by atoms with Crippen LogP contribution in [0.1, 0.15) is 18.9 Å². The molecule has 0 bridgehead atoms. The Morgan fingerprint density at radius 3 is 2.92 bits per heavy atom. The maximum absolute atomic E-state index is 13.2. The quantitative estimate of drug-likeness (QED) is 0.892. The summed E-state index contributed by atoms with van der Waals surface area (Å²) in [6.45, 7) is 4.93. The van der Waals surface area contributed by atoms with E-state index in [1.165, 1.54) is 12.1 Å². The van der Waals surface area contributed by atoms with Gasteiger partial charge in [-0.3, -0.25) is 4.79 Å². The van der Waals surface area contributed by atoms with Gasteiger partial charge in [0.2, 0.25) is 5.91 Å². The molecule has 0 saturated heterocycles. The standard InChI is InChI=1S/C19H21FN2OS/c1-13-11-15(20)7-8-16(13)21-12-19(23)22-10-9-14(2)24-18-6-4-3-5-17(18)22/h3-8,11,14,21H,9-10,12H2,1-2H3. The number of nitrogens with one attached hydrogen (secondary N) is 1. The zero-order valence-corrected chi connectivity index (χ0v) is 14.7. The molecule has 1 amide bonds. The van der Waals surface area contributed by atoms with E-state index in [9.17, 15) is 9.18 Å². The van der Waals surface area contributed by atoms with Gasteiger partial charge in [-0.05, 0) is 49.2 Å². The van der Waals surface area contributed by atoms with Crippen molar-refractivity contribution in [2.75, 3.05) is 23.3 Å². The molecule has 3 rings (SSSR count). The molecule has 3 nitrogen and oxygen atoms in total.